The zero-order valence-corrected chi connectivity index (χ0v) is 11.8. The van der Waals surface area contributed by atoms with Gasteiger partial charge in [0.2, 0.25) is 0 Å². The fourth-order valence-electron chi connectivity index (χ4n) is 3.36. The molecule has 17 heavy (non-hydrogen) atoms. The Kier molecular flexibility index (Phi) is 4.48. The van der Waals surface area contributed by atoms with Crippen molar-refractivity contribution in [2.45, 2.75) is 70.9 Å². The van der Waals surface area contributed by atoms with Crippen LogP contribution in [0.2, 0.25) is 0 Å². The third-order valence-corrected chi connectivity index (χ3v) is 4.32. The van der Waals surface area contributed by atoms with Crippen molar-refractivity contribution in [2.75, 3.05) is 13.2 Å². The van der Waals surface area contributed by atoms with Crippen LogP contribution >= 0.6 is 0 Å². The van der Waals surface area contributed by atoms with Crippen LogP contribution < -0.4 is 5.32 Å². The summed E-state index contributed by atoms with van der Waals surface area (Å²) in [7, 11) is 0. The molecule has 0 amide bonds. The van der Waals surface area contributed by atoms with Crippen LogP contribution in [-0.2, 0) is 4.74 Å². The van der Waals surface area contributed by atoms with Crippen LogP contribution in [0.3, 0.4) is 0 Å². The van der Waals surface area contributed by atoms with Crippen LogP contribution in [-0.4, -0.2) is 24.8 Å². The van der Waals surface area contributed by atoms with E-state index in [4.69, 9.17) is 4.74 Å². The van der Waals surface area contributed by atoms with Crippen molar-refractivity contribution in [2.24, 2.45) is 11.8 Å². The molecule has 2 nitrogen and oxygen atoms in total. The number of hydrogen-bond donors (Lipinski definition) is 1. The lowest BCUT2D eigenvalue weighted by Crippen LogP contribution is -2.45. The van der Waals surface area contributed by atoms with Gasteiger partial charge < -0.3 is 10.1 Å². The van der Waals surface area contributed by atoms with Crippen LogP contribution in [0.5, 0.6) is 0 Å². The fraction of sp³-hybridized carbons (Fsp3) is 1.00. The van der Waals surface area contributed by atoms with Gasteiger partial charge in [0.25, 0.3) is 0 Å². The first kappa shape index (κ1) is 13.4. The summed E-state index contributed by atoms with van der Waals surface area (Å²) in [6.45, 7) is 8.57. The van der Waals surface area contributed by atoms with Crippen molar-refractivity contribution in [1.29, 1.82) is 0 Å². The Hall–Kier alpha value is -0.0800. The molecular weight excluding hydrogens is 210 g/mol. The standard InChI is InChI=1S/C15H29NO/c1-15(2,3)17-9-8-14-10-12-6-4-5-7-13(12)11-16-14/h12-14,16H,4-11H2,1-3H3. The number of fused-ring (bicyclic) bond motifs is 1. The highest BCUT2D eigenvalue weighted by Crippen LogP contribution is 2.35. The Bertz CT molecular complexity index is 234. The summed E-state index contributed by atoms with van der Waals surface area (Å²) in [5.41, 5.74) is 0.0159. The van der Waals surface area contributed by atoms with Crippen molar-refractivity contribution >= 4 is 0 Å². The summed E-state index contributed by atoms with van der Waals surface area (Å²) in [5, 5.41) is 3.72. The van der Waals surface area contributed by atoms with Gasteiger partial charge in [-0.3, -0.25) is 0 Å². The van der Waals surface area contributed by atoms with Gasteiger partial charge in [0.05, 0.1) is 5.60 Å². The molecule has 1 saturated carbocycles. The largest absolute Gasteiger partial charge is 0.376 e. The van der Waals surface area contributed by atoms with E-state index < -0.39 is 0 Å². The van der Waals surface area contributed by atoms with Crippen LogP contribution in [0.1, 0.15) is 59.3 Å². The average Bonchev–Trinajstić information content (AvgIpc) is 2.27. The van der Waals surface area contributed by atoms with Gasteiger partial charge in [-0.25, -0.2) is 0 Å². The molecule has 0 aromatic heterocycles. The highest BCUT2D eigenvalue weighted by molar-refractivity contribution is 4.86. The van der Waals surface area contributed by atoms with E-state index in [1.165, 1.54) is 45.1 Å². The van der Waals surface area contributed by atoms with Gasteiger partial charge in [0.15, 0.2) is 0 Å². The minimum absolute atomic E-state index is 0.0159. The molecule has 2 fully saturated rings. The molecule has 1 saturated heterocycles. The first-order chi connectivity index (χ1) is 8.04. The van der Waals surface area contributed by atoms with Crippen LogP contribution in [0.4, 0.5) is 0 Å². The van der Waals surface area contributed by atoms with Crippen LogP contribution in [0, 0.1) is 11.8 Å². The zero-order valence-electron chi connectivity index (χ0n) is 11.8. The van der Waals surface area contributed by atoms with Crippen LogP contribution in [0.15, 0.2) is 0 Å². The predicted molar refractivity (Wildman–Crippen MR) is 72.2 cm³/mol. The number of nitrogens with one attached hydrogen (secondary N) is 1. The van der Waals surface area contributed by atoms with Crippen molar-refractivity contribution in [3.8, 4) is 0 Å². The average molecular weight is 239 g/mol. The lowest BCUT2D eigenvalue weighted by Gasteiger charge is -2.40. The summed E-state index contributed by atoms with van der Waals surface area (Å²) in [4.78, 5) is 0. The number of rotatable bonds is 3. The number of hydrogen-bond acceptors (Lipinski definition) is 2. The molecule has 0 radical (unpaired) electrons. The minimum atomic E-state index is 0.0159. The Labute approximate surface area is 107 Å². The van der Waals surface area contributed by atoms with E-state index >= 15 is 0 Å². The predicted octanol–water partition coefficient (Wildman–Crippen LogP) is 3.36. The summed E-state index contributed by atoms with van der Waals surface area (Å²) in [5.74, 6) is 1.98. The molecule has 0 aromatic carbocycles. The molecule has 0 bridgehead atoms. The molecule has 1 aliphatic heterocycles. The molecule has 2 rings (SSSR count). The van der Waals surface area contributed by atoms with Crippen LogP contribution in [0.25, 0.3) is 0 Å². The lowest BCUT2D eigenvalue weighted by atomic mass is 9.73. The molecule has 3 unspecified atom stereocenters. The van der Waals surface area contributed by atoms with Gasteiger partial charge >= 0.3 is 0 Å². The van der Waals surface area contributed by atoms with Gasteiger partial charge in [-0.15, -0.1) is 0 Å². The Balaban J connectivity index is 1.69. The fourth-order valence-corrected chi connectivity index (χ4v) is 3.36. The maximum atomic E-state index is 5.83. The molecule has 1 aliphatic carbocycles. The van der Waals surface area contributed by atoms with Crippen molar-refractivity contribution < 1.29 is 4.74 Å². The lowest BCUT2D eigenvalue weighted by molar-refractivity contribution is -0.0106. The molecule has 2 heteroatoms. The molecular formula is C15H29NO. The number of piperidine rings is 1. The second-order valence-electron chi connectivity index (χ2n) is 6.89. The van der Waals surface area contributed by atoms with E-state index in [0.29, 0.717) is 6.04 Å². The van der Waals surface area contributed by atoms with Crippen molar-refractivity contribution in [3.05, 3.63) is 0 Å². The molecule has 1 N–H and O–H groups in total. The highest BCUT2D eigenvalue weighted by Gasteiger charge is 2.31. The minimum Gasteiger partial charge on any atom is -0.376 e. The maximum Gasteiger partial charge on any atom is 0.0598 e. The molecule has 2 aliphatic rings. The summed E-state index contributed by atoms with van der Waals surface area (Å²) in [6.07, 6.45) is 8.43. The maximum absolute atomic E-state index is 5.83. The third kappa shape index (κ3) is 4.26. The van der Waals surface area contributed by atoms with Gasteiger partial charge in [-0.1, -0.05) is 19.3 Å². The zero-order chi connectivity index (χ0) is 12.3. The summed E-state index contributed by atoms with van der Waals surface area (Å²) in [6, 6.07) is 0.705. The topological polar surface area (TPSA) is 21.3 Å². The number of ether oxygens (including phenoxy) is 1. The van der Waals surface area contributed by atoms with Gasteiger partial charge in [-0.05, 0) is 58.4 Å². The molecule has 100 valence electrons. The molecule has 1 heterocycles. The second kappa shape index (κ2) is 5.71. The van der Waals surface area contributed by atoms with Gasteiger partial charge in [0, 0.05) is 12.6 Å². The van der Waals surface area contributed by atoms with E-state index in [-0.39, 0.29) is 5.60 Å². The van der Waals surface area contributed by atoms with Gasteiger partial charge in [0.1, 0.15) is 0 Å². The van der Waals surface area contributed by atoms with Crippen molar-refractivity contribution in [3.63, 3.8) is 0 Å². The smallest absolute Gasteiger partial charge is 0.0598 e. The third-order valence-electron chi connectivity index (χ3n) is 4.32. The second-order valence-corrected chi connectivity index (χ2v) is 6.89. The van der Waals surface area contributed by atoms with E-state index in [1.54, 1.807) is 0 Å². The van der Waals surface area contributed by atoms with E-state index in [0.717, 1.165) is 18.4 Å². The normalized spacial score (nSPS) is 34.4. The Morgan fingerprint density at radius 1 is 1.12 bits per heavy atom. The van der Waals surface area contributed by atoms with Gasteiger partial charge in [-0.2, -0.15) is 0 Å². The van der Waals surface area contributed by atoms with E-state index in [2.05, 4.69) is 26.1 Å². The summed E-state index contributed by atoms with van der Waals surface area (Å²) >= 11 is 0. The first-order valence-electron chi connectivity index (χ1n) is 7.42. The summed E-state index contributed by atoms with van der Waals surface area (Å²) < 4.78 is 5.83. The molecule has 0 spiro atoms. The molecule has 3 atom stereocenters. The van der Waals surface area contributed by atoms with Crippen molar-refractivity contribution in [1.82, 2.24) is 5.32 Å². The Morgan fingerprint density at radius 3 is 2.53 bits per heavy atom. The monoisotopic (exact) mass is 239 g/mol. The molecule has 0 aromatic rings. The first-order valence-corrected chi connectivity index (χ1v) is 7.42. The SMILES string of the molecule is CC(C)(C)OCCC1CC2CCCCC2CN1. The highest BCUT2D eigenvalue weighted by atomic mass is 16.5. The quantitative estimate of drug-likeness (QED) is 0.815. The van der Waals surface area contributed by atoms with E-state index in [1.807, 2.05) is 0 Å². The van der Waals surface area contributed by atoms with E-state index in [9.17, 15) is 0 Å². The Morgan fingerprint density at radius 2 is 1.82 bits per heavy atom.